The van der Waals surface area contributed by atoms with E-state index in [4.69, 9.17) is 42.6 Å². The summed E-state index contributed by atoms with van der Waals surface area (Å²) < 4.78 is 50.1. The number of rotatable bonds is 41. The number of nitrogens with one attached hydrogen (secondary N) is 2. The number of carbonyl (C=O) groups is 8. The molecule has 2 aliphatic rings. The summed E-state index contributed by atoms with van der Waals surface area (Å²) in [6, 6.07) is 6.35. The van der Waals surface area contributed by atoms with E-state index >= 15 is 0 Å². The normalized spacial score (nSPS) is 17.1. The highest BCUT2D eigenvalue weighted by molar-refractivity contribution is 6.12. The number of carbonyl (C=O) groups excluding carboxylic acids is 8. The van der Waals surface area contributed by atoms with Gasteiger partial charge in [0, 0.05) is 53.4 Å². The van der Waals surface area contributed by atoms with Gasteiger partial charge in [0.1, 0.15) is 17.6 Å². The largest absolute Gasteiger partial charge is 0.467 e. The van der Waals surface area contributed by atoms with Crippen molar-refractivity contribution < 1.29 is 81.0 Å². The monoisotopic (exact) mass is 1150 g/mol. The highest BCUT2D eigenvalue weighted by Crippen LogP contribution is 2.30. The van der Waals surface area contributed by atoms with E-state index in [1.54, 1.807) is 37.6 Å². The van der Waals surface area contributed by atoms with E-state index in [1.807, 2.05) is 58.0 Å². The number of amides is 7. The van der Waals surface area contributed by atoms with Gasteiger partial charge >= 0.3 is 5.97 Å². The topological polar surface area (TPSA) is 257 Å². The standard InChI is InChI=1S/C58H94N6O17/c1-13-41(4)52(46(73-10)39-50(68)63-24-17-20-45(63)53(74-11)42(5)54(69)59-44(56(71)75-12)38-43-18-15-14-16-19-43)61(8)55(70)51(40(2)3)60-57(72)58(6,7)62(9)47(65)23-26-76-28-30-78-32-34-80-36-37-81-35-33-79-31-29-77-27-25-64-48(66)21-22-49(64)67/h14-16,18-19,21-22,40-42,44-46,51-53H,13,17,20,23-39H2,1-12H3,(H,59,69)(H,60,72). The summed E-state index contributed by atoms with van der Waals surface area (Å²) in [5.41, 5.74) is -0.503. The van der Waals surface area contributed by atoms with Crippen LogP contribution in [0.25, 0.3) is 0 Å². The second-order valence-electron chi connectivity index (χ2n) is 21.2. The fourth-order valence-electron chi connectivity index (χ4n) is 9.65. The molecule has 1 aromatic carbocycles. The van der Waals surface area contributed by atoms with E-state index in [0.717, 1.165) is 10.5 Å². The third-order valence-corrected chi connectivity index (χ3v) is 15.0. The maximum absolute atomic E-state index is 14.6. The highest BCUT2D eigenvalue weighted by Gasteiger charge is 2.44. The molecule has 458 valence electrons. The number of likely N-dealkylation sites (N-methyl/N-ethyl adjacent to an activating group) is 2. The zero-order valence-corrected chi connectivity index (χ0v) is 50.1. The Labute approximate surface area is 479 Å². The minimum absolute atomic E-state index is 0.00669. The molecule has 2 N–H and O–H groups in total. The first kappa shape index (κ1) is 69.9. The van der Waals surface area contributed by atoms with Crippen molar-refractivity contribution in [2.45, 2.75) is 129 Å². The number of methoxy groups -OCH3 is 3. The van der Waals surface area contributed by atoms with Crippen LogP contribution in [0.2, 0.25) is 0 Å². The average molecular weight is 1150 g/mol. The Morgan fingerprint density at radius 2 is 1.26 bits per heavy atom. The summed E-state index contributed by atoms with van der Waals surface area (Å²) in [5, 5.41) is 5.79. The number of benzene rings is 1. The first-order valence-corrected chi connectivity index (χ1v) is 28.3. The van der Waals surface area contributed by atoms with Gasteiger partial charge in [-0.25, -0.2) is 4.79 Å². The maximum Gasteiger partial charge on any atom is 0.328 e. The van der Waals surface area contributed by atoms with Crippen molar-refractivity contribution in [3.8, 4) is 0 Å². The van der Waals surface area contributed by atoms with Crippen LogP contribution in [0.3, 0.4) is 0 Å². The Kier molecular flexibility index (Phi) is 31.9. The van der Waals surface area contributed by atoms with E-state index < -0.39 is 65.6 Å². The van der Waals surface area contributed by atoms with E-state index in [2.05, 4.69) is 10.6 Å². The first-order valence-electron chi connectivity index (χ1n) is 28.3. The molecule has 0 aromatic heterocycles. The van der Waals surface area contributed by atoms with Crippen molar-refractivity contribution in [3.05, 3.63) is 48.0 Å². The van der Waals surface area contributed by atoms with Crippen LogP contribution in [-0.2, 0) is 87.4 Å². The van der Waals surface area contributed by atoms with Crippen LogP contribution in [0.4, 0.5) is 0 Å². The summed E-state index contributed by atoms with van der Waals surface area (Å²) in [7, 11) is 7.48. The molecular weight excluding hydrogens is 1050 g/mol. The Hall–Kier alpha value is -5.40. The molecule has 7 amide bonds. The van der Waals surface area contributed by atoms with Gasteiger partial charge in [0.05, 0.1) is 136 Å². The third-order valence-electron chi connectivity index (χ3n) is 15.0. The Balaban J connectivity index is 1.43. The lowest BCUT2D eigenvalue weighted by Gasteiger charge is -2.41. The lowest BCUT2D eigenvalue weighted by molar-refractivity contribution is -0.150. The van der Waals surface area contributed by atoms with Crippen molar-refractivity contribution in [2.24, 2.45) is 17.8 Å². The summed E-state index contributed by atoms with van der Waals surface area (Å²) in [5.74, 6) is -4.36. The van der Waals surface area contributed by atoms with Gasteiger partial charge in [-0.3, -0.25) is 38.5 Å². The molecule has 23 heteroatoms. The second kappa shape index (κ2) is 36.9. The molecular formula is C58H94N6O17. The molecule has 8 unspecified atom stereocenters. The van der Waals surface area contributed by atoms with Gasteiger partial charge < -0.3 is 68.0 Å². The smallest absolute Gasteiger partial charge is 0.328 e. The Bertz CT molecular complexity index is 2130. The van der Waals surface area contributed by atoms with Crippen LogP contribution in [0.1, 0.15) is 86.1 Å². The van der Waals surface area contributed by atoms with Crippen LogP contribution in [0.15, 0.2) is 42.5 Å². The minimum atomic E-state index is -1.35. The van der Waals surface area contributed by atoms with E-state index in [-0.39, 0.29) is 93.6 Å². The second-order valence-corrected chi connectivity index (χ2v) is 21.2. The molecule has 1 saturated heterocycles. The van der Waals surface area contributed by atoms with Crippen molar-refractivity contribution in [2.75, 3.05) is 128 Å². The number of esters is 1. The molecule has 0 bridgehead atoms. The van der Waals surface area contributed by atoms with E-state index in [9.17, 15) is 38.4 Å². The molecule has 23 nitrogen and oxygen atoms in total. The van der Waals surface area contributed by atoms with Crippen molar-refractivity contribution >= 4 is 47.3 Å². The number of likely N-dealkylation sites (tertiary alicyclic amines) is 1. The van der Waals surface area contributed by atoms with Gasteiger partial charge in [0.25, 0.3) is 11.8 Å². The molecule has 8 atom stereocenters. The number of ether oxygens (including phenoxy) is 9. The van der Waals surface area contributed by atoms with Crippen LogP contribution in [0.5, 0.6) is 0 Å². The van der Waals surface area contributed by atoms with Gasteiger partial charge in [-0.2, -0.15) is 0 Å². The third kappa shape index (κ3) is 22.4. The van der Waals surface area contributed by atoms with Crippen molar-refractivity contribution in [3.63, 3.8) is 0 Å². The molecule has 2 aliphatic heterocycles. The summed E-state index contributed by atoms with van der Waals surface area (Å²) >= 11 is 0. The average Bonchev–Trinajstić information content (AvgIpc) is 4.08. The molecule has 0 saturated carbocycles. The molecule has 0 radical (unpaired) electrons. The molecule has 1 fully saturated rings. The lowest BCUT2D eigenvalue weighted by Crippen LogP contribution is -2.62. The van der Waals surface area contributed by atoms with Crippen LogP contribution < -0.4 is 10.6 Å². The van der Waals surface area contributed by atoms with E-state index in [1.165, 1.54) is 45.4 Å². The number of imide groups is 1. The Morgan fingerprint density at radius 1 is 0.728 bits per heavy atom. The van der Waals surface area contributed by atoms with Crippen molar-refractivity contribution in [1.82, 2.24) is 30.2 Å². The Morgan fingerprint density at radius 3 is 1.75 bits per heavy atom. The zero-order chi connectivity index (χ0) is 60.1. The quantitative estimate of drug-likeness (QED) is 0.0543. The van der Waals surface area contributed by atoms with Gasteiger partial charge in [0.15, 0.2) is 0 Å². The summed E-state index contributed by atoms with van der Waals surface area (Å²) in [6.07, 6.45) is 3.11. The van der Waals surface area contributed by atoms with Gasteiger partial charge in [0.2, 0.25) is 29.5 Å². The number of nitrogens with zero attached hydrogens (tertiary/aromatic N) is 4. The molecule has 3 rings (SSSR count). The van der Waals surface area contributed by atoms with Gasteiger partial charge in [-0.15, -0.1) is 0 Å². The fraction of sp³-hybridized carbons (Fsp3) is 0.724. The zero-order valence-electron chi connectivity index (χ0n) is 50.1. The number of hydrogen-bond acceptors (Lipinski definition) is 17. The number of hydrogen-bond donors (Lipinski definition) is 2. The minimum Gasteiger partial charge on any atom is -0.467 e. The molecule has 0 spiro atoms. The van der Waals surface area contributed by atoms with Gasteiger partial charge in [-0.05, 0) is 44.1 Å². The molecule has 2 heterocycles. The molecule has 0 aliphatic carbocycles. The molecule has 81 heavy (non-hydrogen) atoms. The summed E-state index contributed by atoms with van der Waals surface area (Å²) in [6.45, 7) is 17.0. The van der Waals surface area contributed by atoms with Crippen LogP contribution in [0, 0.1) is 17.8 Å². The van der Waals surface area contributed by atoms with E-state index in [0.29, 0.717) is 78.7 Å². The predicted octanol–water partition coefficient (Wildman–Crippen LogP) is 2.60. The van der Waals surface area contributed by atoms with Crippen LogP contribution >= 0.6 is 0 Å². The predicted molar refractivity (Wildman–Crippen MR) is 299 cm³/mol. The first-order chi connectivity index (χ1) is 38.7. The van der Waals surface area contributed by atoms with Crippen molar-refractivity contribution in [1.29, 1.82) is 0 Å². The van der Waals surface area contributed by atoms with Crippen LogP contribution in [-0.4, -0.2) is 237 Å². The fourth-order valence-corrected chi connectivity index (χ4v) is 9.65. The maximum atomic E-state index is 14.6. The summed E-state index contributed by atoms with van der Waals surface area (Å²) in [4.78, 5) is 112. The molecule has 1 aromatic rings. The lowest BCUT2D eigenvalue weighted by atomic mass is 9.89. The SMILES string of the molecule is CCC(C)C(C(CC(=O)N1CCCC1C(OC)C(C)C(=O)NC(Cc1ccccc1)C(=O)OC)OC)N(C)C(=O)C(NC(=O)C(C)(C)N(C)C(=O)CCOCCOCCOCCOCCOCCOCCN1C(=O)C=CC1=O)C(C)C. The van der Waals surface area contributed by atoms with Gasteiger partial charge in [-0.1, -0.05) is 71.4 Å². The highest BCUT2D eigenvalue weighted by atomic mass is 16.6.